The molecule has 1 N–H and O–H groups in total. The summed E-state index contributed by atoms with van der Waals surface area (Å²) in [6.07, 6.45) is 0. The Morgan fingerprint density at radius 1 is 0.344 bits per heavy atom. The normalized spacial score (nSPS) is 11.8. The smallest absolute Gasteiger partial charge is 0.226 e. The van der Waals surface area contributed by atoms with Crippen LogP contribution in [-0.4, -0.2) is 19.9 Å². The second kappa shape index (κ2) is 14.4. The number of hydrogen-bond acceptors (Lipinski definition) is 5. The summed E-state index contributed by atoms with van der Waals surface area (Å²) >= 11 is 6.56. The Hall–Kier alpha value is -8.32. The molecule has 0 unspecified atom stereocenters. The molecule has 13 aromatic rings. The zero-order valence-electron chi connectivity index (χ0n) is 34.0. The molecule has 4 heterocycles. The number of nitrogens with one attached hydrogen (secondary N) is 1. The van der Waals surface area contributed by atoms with E-state index in [4.69, 9.17) is 25.4 Å². The van der Waals surface area contributed by atoms with Gasteiger partial charge >= 0.3 is 0 Å². The SMILES string of the molecule is Clc1nc(-c2cccc(-c3ccc4oc5c(-c6cccc(-c7cc(-c8ccccc8)cc8c7[nH]c7ccccc78)c6)cccc5c4c3)c2)nc(-c2ccc3c(c2)oc2ccccc23)n1. The predicted molar refractivity (Wildman–Crippen MR) is 261 cm³/mol. The number of para-hydroxylation sites is 3. The van der Waals surface area contributed by atoms with E-state index in [1.54, 1.807) is 0 Å². The van der Waals surface area contributed by atoms with Gasteiger partial charge in [0.1, 0.15) is 22.3 Å². The monoisotopic (exact) mass is 840 g/mol. The van der Waals surface area contributed by atoms with Crippen molar-refractivity contribution in [2.45, 2.75) is 0 Å². The van der Waals surface area contributed by atoms with Gasteiger partial charge in [-0.3, -0.25) is 0 Å². The Bertz CT molecular complexity index is 4000. The van der Waals surface area contributed by atoms with Crippen molar-refractivity contribution in [2.24, 2.45) is 0 Å². The lowest BCUT2D eigenvalue weighted by Gasteiger charge is -2.11. The van der Waals surface area contributed by atoms with Gasteiger partial charge < -0.3 is 13.8 Å². The zero-order chi connectivity index (χ0) is 42.3. The van der Waals surface area contributed by atoms with Crippen LogP contribution in [0.2, 0.25) is 5.28 Å². The summed E-state index contributed by atoms with van der Waals surface area (Å²) in [5.74, 6) is 0.961. The van der Waals surface area contributed by atoms with Gasteiger partial charge in [-0.2, -0.15) is 9.97 Å². The van der Waals surface area contributed by atoms with Crippen LogP contribution in [0.25, 0.3) is 133 Å². The molecule has 300 valence electrons. The molecule has 0 spiro atoms. The van der Waals surface area contributed by atoms with Gasteiger partial charge in [0.05, 0.1) is 5.52 Å². The number of halogens is 1. The first kappa shape index (κ1) is 36.3. The maximum absolute atomic E-state index is 6.71. The van der Waals surface area contributed by atoms with Gasteiger partial charge in [-0.25, -0.2) is 4.98 Å². The van der Waals surface area contributed by atoms with E-state index < -0.39 is 0 Å². The molecule has 64 heavy (non-hydrogen) atoms. The number of hydrogen-bond donors (Lipinski definition) is 1. The molecule has 0 aliphatic heterocycles. The van der Waals surface area contributed by atoms with E-state index in [0.717, 1.165) is 99.4 Å². The summed E-state index contributed by atoms with van der Waals surface area (Å²) in [6.45, 7) is 0. The van der Waals surface area contributed by atoms with Crippen molar-refractivity contribution >= 4 is 77.3 Å². The van der Waals surface area contributed by atoms with Crippen LogP contribution >= 0.6 is 11.6 Å². The Morgan fingerprint density at radius 2 is 0.953 bits per heavy atom. The molecule has 0 atom stereocenters. The van der Waals surface area contributed by atoms with Gasteiger partial charge in [0, 0.05) is 60.1 Å². The average molecular weight is 841 g/mol. The summed E-state index contributed by atoms with van der Waals surface area (Å²) in [7, 11) is 0. The summed E-state index contributed by atoms with van der Waals surface area (Å²) in [6, 6.07) is 67.5. The van der Waals surface area contributed by atoms with Crippen molar-refractivity contribution < 1.29 is 8.83 Å². The largest absolute Gasteiger partial charge is 0.456 e. The number of benzene rings is 9. The van der Waals surface area contributed by atoms with Crippen molar-refractivity contribution in [3.8, 4) is 67.3 Å². The number of rotatable bonds is 6. The fourth-order valence-electron chi connectivity index (χ4n) is 9.35. The van der Waals surface area contributed by atoms with Gasteiger partial charge in [0.25, 0.3) is 0 Å². The summed E-state index contributed by atoms with van der Waals surface area (Å²) in [5, 5.41) is 6.73. The minimum absolute atomic E-state index is 0.120. The topological polar surface area (TPSA) is 80.7 Å². The lowest BCUT2D eigenvalue weighted by atomic mass is 9.93. The van der Waals surface area contributed by atoms with Gasteiger partial charge in [-0.15, -0.1) is 0 Å². The van der Waals surface area contributed by atoms with Crippen LogP contribution in [0.3, 0.4) is 0 Å². The third-order valence-electron chi connectivity index (χ3n) is 12.4. The summed E-state index contributed by atoms with van der Waals surface area (Å²) in [5.41, 5.74) is 15.9. The third-order valence-corrected chi connectivity index (χ3v) is 12.6. The molecule has 0 fully saturated rings. The minimum atomic E-state index is 0.120. The second-order valence-electron chi connectivity index (χ2n) is 16.2. The lowest BCUT2D eigenvalue weighted by Crippen LogP contribution is -1.97. The van der Waals surface area contributed by atoms with E-state index in [2.05, 4.69) is 161 Å². The first-order valence-corrected chi connectivity index (χ1v) is 21.6. The van der Waals surface area contributed by atoms with Crippen molar-refractivity contribution in [3.63, 3.8) is 0 Å². The van der Waals surface area contributed by atoms with E-state index in [9.17, 15) is 0 Å². The van der Waals surface area contributed by atoms with E-state index >= 15 is 0 Å². The number of aromatic amines is 1. The molecule has 0 amide bonds. The lowest BCUT2D eigenvalue weighted by molar-refractivity contribution is 0.669. The molecule has 0 saturated heterocycles. The standard InChI is InChI=1S/C57H33ClN4O2/c58-57-61-55(60-56(62-57)39-23-25-44-43-18-5-7-22-50(43)63-52(44)32-39)38-16-8-13-34(27-38)35-24-26-51-47(29-35)45-20-10-19-41(54(45)64-51)36-14-9-15-37(28-36)46-30-40(33-11-2-1-3-12-33)31-48-42-17-4-6-21-49(42)59-53(46)48/h1-32,59H. The molecule has 9 aromatic carbocycles. The number of nitrogens with zero attached hydrogens (tertiary/aromatic N) is 3. The van der Waals surface area contributed by atoms with Crippen LogP contribution in [0.15, 0.2) is 203 Å². The molecule has 0 aliphatic rings. The number of furan rings is 2. The molecule has 6 nitrogen and oxygen atoms in total. The van der Waals surface area contributed by atoms with Crippen LogP contribution in [0.5, 0.6) is 0 Å². The van der Waals surface area contributed by atoms with Crippen LogP contribution in [0.1, 0.15) is 0 Å². The zero-order valence-corrected chi connectivity index (χ0v) is 34.8. The van der Waals surface area contributed by atoms with Crippen molar-refractivity contribution in [2.75, 3.05) is 0 Å². The van der Waals surface area contributed by atoms with Crippen molar-refractivity contribution in [1.82, 2.24) is 19.9 Å². The highest BCUT2D eigenvalue weighted by Crippen LogP contribution is 2.42. The fourth-order valence-corrected chi connectivity index (χ4v) is 9.51. The fraction of sp³-hybridized carbons (Fsp3) is 0. The van der Waals surface area contributed by atoms with E-state index in [-0.39, 0.29) is 5.28 Å². The Balaban J connectivity index is 0.868. The number of aromatic nitrogens is 4. The molecule has 4 aromatic heterocycles. The van der Waals surface area contributed by atoms with Crippen LogP contribution < -0.4 is 0 Å². The molecule has 7 heteroatoms. The predicted octanol–water partition coefficient (Wildman–Crippen LogP) is 16.0. The highest BCUT2D eigenvalue weighted by atomic mass is 35.5. The maximum atomic E-state index is 6.71. The average Bonchev–Trinajstić information content (AvgIpc) is 4.05. The van der Waals surface area contributed by atoms with Crippen LogP contribution in [0.4, 0.5) is 0 Å². The quantitative estimate of drug-likeness (QED) is 0.180. The highest BCUT2D eigenvalue weighted by Gasteiger charge is 2.18. The Kier molecular flexibility index (Phi) is 8.17. The molecular weight excluding hydrogens is 808 g/mol. The molecular formula is C57H33ClN4O2. The molecule has 0 aliphatic carbocycles. The molecule has 0 bridgehead atoms. The van der Waals surface area contributed by atoms with E-state index in [1.807, 2.05) is 48.5 Å². The Morgan fingerprint density at radius 3 is 1.83 bits per heavy atom. The summed E-state index contributed by atoms with van der Waals surface area (Å²) in [4.78, 5) is 17.7. The van der Waals surface area contributed by atoms with Crippen LogP contribution in [-0.2, 0) is 0 Å². The van der Waals surface area contributed by atoms with E-state index in [0.29, 0.717) is 11.6 Å². The second-order valence-corrected chi connectivity index (χ2v) is 16.5. The van der Waals surface area contributed by atoms with Gasteiger partial charge in [0.2, 0.25) is 5.28 Å². The van der Waals surface area contributed by atoms with E-state index in [1.165, 1.54) is 21.9 Å². The van der Waals surface area contributed by atoms with Crippen molar-refractivity contribution in [3.05, 3.63) is 199 Å². The molecule has 13 rings (SSSR count). The Labute approximate surface area is 371 Å². The third kappa shape index (κ3) is 5.99. The molecule has 0 radical (unpaired) electrons. The van der Waals surface area contributed by atoms with Gasteiger partial charge in [-0.1, -0.05) is 133 Å². The van der Waals surface area contributed by atoms with Gasteiger partial charge in [-0.05, 0) is 106 Å². The summed E-state index contributed by atoms with van der Waals surface area (Å²) < 4.78 is 12.9. The maximum Gasteiger partial charge on any atom is 0.226 e. The molecule has 0 saturated carbocycles. The number of fused-ring (bicyclic) bond motifs is 9. The van der Waals surface area contributed by atoms with Crippen molar-refractivity contribution in [1.29, 1.82) is 0 Å². The first-order chi connectivity index (χ1) is 31.6. The minimum Gasteiger partial charge on any atom is -0.456 e. The first-order valence-electron chi connectivity index (χ1n) is 21.2. The number of H-pyrrole nitrogens is 1. The van der Waals surface area contributed by atoms with Gasteiger partial charge in [0.15, 0.2) is 11.6 Å². The van der Waals surface area contributed by atoms with Crippen LogP contribution in [0, 0.1) is 0 Å². The highest BCUT2D eigenvalue weighted by molar-refractivity contribution is 6.28.